The van der Waals surface area contributed by atoms with Crippen molar-refractivity contribution in [3.63, 3.8) is 0 Å². The first-order chi connectivity index (χ1) is 11.2. The van der Waals surface area contributed by atoms with E-state index in [4.69, 9.17) is 0 Å². The molecule has 2 amide bonds. The van der Waals surface area contributed by atoms with Crippen LogP contribution in [-0.2, 0) is 6.54 Å². The molecule has 4 nitrogen and oxygen atoms in total. The maximum atomic E-state index is 11.9. The van der Waals surface area contributed by atoms with Gasteiger partial charge in [0.1, 0.15) is 0 Å². The SMILES string of the molecule is CC1CCNC(=O)N1Cc1ccc(C#Cc2ccccc2)cn1. The molecule has 1 aliphatic rings. The predicted molar refractivity (Wildman–Crippen MR) is 89.7 cm³/mol. The number of hydrogen-bond donors (Lipinski definition) is 1. The van der Waals surface area contributed by atoms with Gasteiger partial charge in [-0.3, -0.25) is 4.98 Å². The van der Waals surface area contributed by atoms with Crippen LogP contribution < -0.4 is 5.32 Å². The zero-order valence-electron chi connectivity index (χ0n) is 13.1. The van der Waals surface area contributed by atoms with E-state index in [-0.39, 0.29) is 12.1 Å². The second-order valence-electron chi connectivity index (χ2n) is 5.65. The number of carbonyl (C=O) groups is 1. The highest BCUT2D eigenvalue weighted by atomic mass is 16.2. The topological polar surface area (TPSA) is 45.2 Å². The fourth-order valence-electron chi connectivity index (χ4n) is 2.51. The molecule has 1 fully saturated rings. The number of rotatable bonds is 2. The van der Waals surface area contributed by atoms with Gasteiger partial charge in [0.15, 0.2) is 0 Å². The lowest BCUT2D eigenvalue weighted by atomic mass is 10.1. The highest BCUT2D eigenvalue weighted by molar-refractivity contribution is 5.75. The quantitative estimate of drug-likeness (QED) is 0.867. The maximum Gasteiger partial charge on any atom is 0.317 e. The number of nitrogens with one attached hydrogen (secondary N) is 1. The Kier molecular flexibility index (Phi) is 4.58. The minimum Gasteiger partial charge on any atom is -0.338 e. The molecule has 1 aliphatic heterocycles. The molecule has 116 valence electrons. The number of amides is 2. The van der Waals surface area contributed by atoms with Crippen molar-refractivity contribution in [2.24, 2.45) is 0 Å². The zero-order chi connectivity index (χ0) is 16.1. The van der Waals surface area contributed by atoms with E-state index in [2.05, 4.69) is 29.1 Å². The monoisotopic (exact) mass is 305 g/mol. The molecule has 1 N–H and O–H groups in total. The Balaban J connectivity index is 1.68. The Morgan fingerprint density at radius 3 is 2.65 bits per heavy atom. The molecule has 2 heterocycles. The van der Waals surface area contributed by atoms with E-state index in [0.717, 1.165) is 29.8 Å². The Labute approximate surface area is 136 Å². The van der Waals surface area contributed by atoms with Crippen LogP contribution in [0.25, 0.3) is 0 Å². The number of urea groups is 1. The van der Waals surface area contributed by atoms with Crippen LogP contribution >= 0.6 is 0 Å². The number of aromatic nitrogens is 1. The molecule has 0 bridgehead atoms. The van der Waals surface area contributed by atoms with Gasteiger partial charge in [-0.25, -0.2) is 4.79 Å². The van der Waals surface area contributed by atoms with Crippen molar-refractivity contribution in [1.29, 1.82) is 0 Å². The second kappa shape index (κ2) is 6.97. The molecular weight excluding hydrogens is 286 g/mol. The lowest BCUT2D eigenvalue weighted by molar-refractivity contribution is 0.155. The average Bonchev–Trinajstić information content (AvgIpc) is 2.58. The van der Waals surface area contributed by atoms with Gasteiger partial charge < -0.3 is 10.2 Å². The van der Waals surface area contributed by atoms with E-state index in [9.17, 15) is 4.79 Å². The summed E-state index contributed by atoms with van der Waals surface area (Å²) in [5, 5.41) is 2.87. The van der Waals surface area contributed by atoms with E-state index in [0.29, 0.717) is 6.54 Å². The summed E-state index contributed by atoms with van der Waals surface area (Å²) in [6, 6.07) is 14.0. The Hall–Kier alpha value is -2.80. The predicted octanol–water partition coefficient (Wildman–Crippen LogP) is 2.79. The molecule has 3 rings (SSSR count). The first kappa shape index (κ1) is 15.1. The summed E-state index contributed by atoms with van der Waals surface area (Å²) in [5.41, 5.74) is 2.73. The molecule has 1 saturated heterocycles. The minimum atomic E-state index is -0.0153. The third kappa shape index (κ3) is 3.89. The molecule has 0 aliphatic carbocycles. The van der Waals surface area contributed by atoms with Crippen LogP contribution in [0.4, 0.5) is 4.79 Å². The maximum absolute atomic E-state index is 11.9. The molecule has 1 aromatic heterocycles. The highest BCUT2D eigenvalue weighted by Gasteiger charge is 2.24. The standard InChI is InChI=1S/C19H19N3O/c1-15-11-12-20-19(23)22(15)14-18-10-9-17(13-21-18)8-7-16-5-3-2-4-6-16/h2-6,9-10,13,15H,11-12,14H2,1H3,(H,20,23). The summed E-state index contributed by atoms with van der Waals surface area (Å²) in [6.45, 7) is 3.34. The number of nitrogens with zero attached hydrogens (tertiary/aromatic N) is 2. The molecule has 1 aromatic carbocycles. The van der Waals surface area contributed by atoms with E-state index in [1.54, 1.807) is 6.20 Å². The van der Waals surface area contributed by atoms with Gasteiger partial charge in [-0.15, -0.1) is 0 Å². The van der Waals surface area contributed by atoms with Gasteiger partial charge >= 0.3 is 6.03 Å². The molecule has 1 atom stereocenters. The molecule has 0 spiro atoms. The first-order valence-corrected chi connectivity index (χ1v) is 7.79. The lowest BCUT2D eigenvalue weighted by Gasteiger charge is -2.33. The van der Waals surface area contributed by atoms with Gasteiger partial charge in [0.25, 0.3) is 0 Å². The van der Waals surface area contributed by atoms with Crippen molar-refractivity contribution in [1.82, 2.24) is 15.2 Å². The third-order valence-corrected chi connectivity index (χ3v) is 3.91. The van der Waals surface area contributed by atoms with E-state index in [1.807, 2.05) is 47.4 Å². The van der Waals surface area contributed by atoms with Crippen LogP contribution in [-0.4, -0.2) is 28.5 Å². The van der Waals surface area contributed by atoms with Gasteiger partial charge in [0, 0.05) is 29.9 Å². The van der Waals surface area contributed by atoms with Crippen molar-refractivity contribution >= 4 is 6.03 Å². The number of benzene rings is 1. The number of hydrogen-bond acceptors (Lipinski definition) is 2. The summed E-state index contributed by atoms with van der Waals surface area (Å²) in [7, 11) is 0. The van der Waals surface area contributed by atoms with Crippen molar-refractivity contribution in [3.8, 4) is 11.8 Å². The molecule has 1 unspecified atom stereocenters. The lowest BCUT2D eigenvalue weighted by Crippen LogP contribution is -2.50. The van der Waals surface area contributed by atoms with Crippen LogP contribution in [0.15, 0.2) is 48.7 Å². The van der Waals surface area contributed by atoms with Crippen LogP contribution in [0, 0.1) is 11.8 Å². The largest absolute Gasteiger partial charge is 0.338 e. The molecule has 0 radical (unpaired) electrons. The summed E-state index contributed by atoms with van der Waals surface area (Å²) in [4.78, 5) is 18.2. The highest BCUT2D eigenvalue weighted by Crippen LogP contribution is 2.13. The number of pyridine rings is 1. The first-order valence-electron chi connectivity index (χ1n) is 7.79. The van der Waals surface area contributed by atoms with Gasteiger partial charge in [-0.1, -0.05) is 30.0 Å². The minimum absolute atomic E-state index is 0.0153. The average molecular weight is 305 g/mol. The van der Waals surface area contributed by atoms with Gasteiger partial charge in [-0.2, -0.15) is 0 Å². The number of carbonyl (C=O) groups excluding carboxylic acids is 1. The van der Waals surface area contributed by atoms with Crippen molar-refractivity contribution < 1.29 is 4.79 Å². The normalized spacial score (nSPS) is 17.2. The van der Waals surface area contributed by atoms with Crippen LogP contribution in [0.2, 0.25) is 0 Å². The van der Waals surface area contributed by atoms with Crippen LogP contribution in [0.3, 0.4) is 0 Å². The van der Waals surface area contributed by atoms with Crippen molar-refractivity contribution in [3.05, 3.63) is 65.5 Å². The van der Waals surface area contributed by atoms with E-state index >= 15 is 0 Å². The molecular formula is C19H19N3O. The van der Waals surface area contributed by atoms with Crippen molar-refractivity contribution in [2.75, 3.05) is 6.54 Å². The van der Waals surface area contributed by atoms with E-state index < -0.39 is 0 Å². The fourth-order valence-corrected chi connectivity index (χ4v) is 2.51. The Morgan fingerprint density at radius 1 is 1.17 bits per heavy atom. The van der Waals surface area contributed by atoms with Crippen LogP contribution in [0.1, 0.15) is 30.2 Å². The van der Waals surface area contributed by atoms with Gasteiger partial charge in [0.05, 0.1) is 12.2 Å². The van der Waals surface area contributed by atoms with Crippen LogP contribution in [0.5, 0.6) is 0 Å². The molecule has 2 aromatic rings. The van der Waals surface area contributed by atoms with E-state index in [1.165, 1.54) is 0 Å². The molecule has 23 heavy (non-hydrogen) atoms. The summed E-state index contributed by atoms with van der Waals surface area (Å²) in [6.07, 6.45) is 2.73. The Morgan fingerprint density at radius 2 is 1.96 bits per heavy atom. The summed E-state index contributed by atoms with van der Waals surface area (Å²) < 4.78 is 0. The fraction of sp³-hybridized carbons (Fsp3) is 0.263. The van der Waals surface area contributed by atoms with Crippen molar-refractivity contribution in [2.45, 2.75) is 25.9 Å². The molecule has 0 saturated carbocycles. The smallest absolute Gasteiger partial charge is 0.317 e. The molecule has 4 heteroatoms. The summed E-state index contributed by atoms with van der Waals surface area (Å²) in [5.74, 6) is 6.22. The van der Waals surface area contributed by atoms with Gasteiger partial charge in [-0.05, 0) is 37.6 Å². The second-order valence-corrected chi connectivity index (χ2v) is 5.65. The Bertz CT molecular complexity index is 729. The summed E-state index contributed by atoms with van der Waals surface area (Å²) >= 11 is 0. The van der Waals surface area contributed by atoms with Gasteiger partial charge in [0.2, 0.25) is 0 Å². The zero-order valence-corrected chi connectivity index (χ0v) is 13.1. The third-order valence-electron chi connectivity index (χ3n) is 3.91.